The maximum atomic E-state index is 12.8. The quantitative estimate of drug-likeness (QED) is 0.0262. The van der Waals surface area contributed by atoms with Crippen molar-refractivity contribution in [3.63, 3.8) is 0 Å². The van der Waals surface area contributed by atoms with E-state index in [0.717, 1.165) is 83.5 Å². The van der Waals surface area contributed by atoms with Crippen molar-refractivity contribution in [1.82, 2.24) is 0 Å². The first-order valence-electron chi connectivity index (χ1n) is 27.7. The third kappa shape index (κ3) is 53.2. The Labute approximate surface area is 413 Å². The van der Waals surface area contributed by atoms with Gasteiger partial charge in [-0.05, 0) is 109 Å². The lowest BCUT2D eigenvalue weighted by Gasteiger charge is -2.18. The lowest BCUT2D eigenvalue weighted by atomic mass is 10.1. The molecule has 67 heavy (non-hydrogen) atoms. The summed E-state index contributed by atoms with van der Waals surface area (Å²) in [6, 6.07) is 0. The van der Waals surface area contributed by atoms with Gasteiger partial charge in [0.05, 0.1) is 0 Å². The Morgan fingerprint density at radius 1 is 0.299 bits per heavy atom. The molecule has 0 saturated heterocycles. The largest absolute Gasteiger partial charge is 0.462 e. The number of rotatable bonds is 49. The average molecular weight is 931 g/mol. The van der Waals surface area contributed by atoms with Gasteiger partial charge < -0.3 is 14.2 Å². The molecular formula is C61H102O6. The number of esters is 3. The number of unbranched alkanes of at least 4 members (excludes halogenated alkanes) is 22. The highest BCUT2D eigenvalue weighted by Crippen LogP contribution is 2.14. The Bertz CT molecular complexity index is 1350. The standard InChI is InChI=1S/C61H102O6/c1-4-7-10-13-16-19-22-24-26-28-30-32-34-36-39-41-44-47-50-53-59(62)65-56-58(67-61(64)55-52-49-46-43-38-21-18-15-12-9-6-3)57-66-60(63)54-51-48-45-42-40-37-35-33-31-29-27-25-23-20-17-14-11-8-5-2/h15-20,24-27,30,32,36,39,44,47,58H,4-14,21-23,28-29,31,33-35,37-38,40-43,45-46,48-57H2,1-3H3/b18-15-,19-16-,20-17-,26-24-,27-25-,32-30-,39-36-,47-44-/t58-/m1/s1. The molecule has 0 rings (SSSR count). The molecule has 0 radical (unpaired) electrons. The lowest BCUT2D eigenvalue weighted by molar-refractivity contribution is -0.166. The van der Waals surface area contributed by atoms with Gasteiger partial charge in [0, 0.05) is 19.3 Å². The monoisotopic (exact) mass is 931 g/mol. The highest BCUT2D eigenvalue weighted by Gasteiger charge is 2.19. The van der Waals surface area contributed by atoms with Gasteiger partial charge in [0.1, 0.15) is 13.2 Å². The second kappa shape index (κ2) is 54.9. The van der Waals surface area contributed by atoms with Gasteiger partial charge in [0.25, 0.3) is 0 Å². The number of hydrogen-bond acceptors (Lipinski definition) is 6. The summed E-state index contributed by atoms with van der Waals surface area (Å²) < 4.78 is 16.7. The van der Waals surface area contributed by atoms with Crippen molar-refractivity contribution in [3.8, 4) is 0 Å². The fourth-order valence-corrected chi connectivity index (χ4v) is 7.32. The zero-order chi connectivity index (χ0) is 48.6. The molecule has 0 aromatic carbocycles. The molecule has 0 aromatic heterocycles. The Kier molecular flexibility index (Phi) is 51.9. The van der Waals surface area contributed by atoms with E-state index in [4.69, 9.17) is 14.2 Å². The van der Waals surface area contributed by atoms with Crippen molar-refractivity contribution in [2.24, 2.45) is 0 Å². The van der Waals surface area contributed by atoms with Crippen LogP contribution < -0.4 is 0 Å². The summed E-state index contributed by atoms with van der Waals surface area (Å²) in [7, 11) is 0. The second-order valence-electron chi connectivity index (χ2n) is 18.1. The third-order valence-corrected chi connectivity index (χ3v) is 11.5. The topological polar surface area (TPSA) is 78.9 Å². The Morgan fingerprint density at radius 2 is 0.582 bits per heavy atom. The number of hydrogen-bond donors (Lipinski definition) is 0. The lowest BCUT2D eigenvalue weighted by Crippen LogP contribution is -2.30. The molecule has 0 bridgehead atoms. The molecule has 6 heteroatoms. The van der Waals surface area contributed by atoms with Crippen LogP contribution in [-0.2, 0) is 28.6 Å². The fourth-order valence-electron chi connectivity index (χ4n) is 7.32. The van der Waals surface area contributed by atoms with E-state index in [0.29, 0.717) is 19.3 Å². The zero-order valence-electron chi connectivity index (χ0n) is 43.6. The van der Waals surface area contributed by atoms with Crippen LogP contribution >= 0.6 is 0 Å². The van der Waals surface area contributed by atoms with E-state index in [1.165, 1.54) is 122 Å². The number of carbonyl (C=O) groups is 3. The van der Waals surface area contributed by atoms with Gasteiger partial charge in [-0.1, -0.05) is 221 Å². The Morgan fingerprint density at radius 3 is 0.985 bits per heavy atom. The first-order valence-corrected chi connectivity index (χ1v) is 27.7. The van der Waals surface area contributed by atoms with Gasteiger partial charge in [-0.2, -0.15) is 0 Å². The molecule has 0 saturated carbocycles. The van der Waals surface area contributed by atoms with Crippen LogP contribution in [0.4, 0.5) is 0 Å². The summed E-state index contributed by atoms with van der Waals surface area (Å²) in [4.78, 5) is 38.0. The Balaban J connectivity index is 4.45. The van der Waals surface area contributed by atoms with Gasteiger partial charge in [-0.15, -0.1) is 0 Å². The smallest absolute Gasteiger partial charge is 0.306 e. The average Bonchev–Trinajstić information content (AvgIpc) is 3.33. The van der Waals surface area contributed by atoms with Gasteiger partial charge in [0.2, 0.25) is 0 Å². The summed E-state index contributed by atoms with van der Waals surface area (Å²) in [5.41, 5.74) is 0. The second-order valence-corrected chi connectivity index (χ2v) is 18.1. The normalized spacial score (nSPS) is 12.8. The van der Waals surface area contributed by atoms with Crippen LogP contribution in [0.2, 0.25) is 0 Å². The zero-order valence-corrected chi connectivity index (χ0v) is 43.6. The van der Waals surface area contributed by atoms with Crippen molar-refractivity contribution < 1.29 is 28.6 Å². The molecular weight excluding hydrogens is 829 g/mol. The maximum absolute atomic E-state index is 12.8. The van der Waals surface area contributed by atoms with E-state index >= 15 is 0 Å². The van der Waals surface area contributed by atoms with E-state index in [1.54, 1.807) is 0 Å². The van der Waals surface area contributed by atoms with Crippen LogP contribution in [0.1, 0.15) is 252 Å². The molecule has 0 aliphatic rings. The van der Waals surface area contributed by atoms with Crippen molar-refractivity contribution >= 4 is 17.9 Å². The minimum Gasteiger partial charge on any atom is -0.462 e. The van der Waals surface area contributed by atoms with E-state index in [2.05, 4.69) is 112 Å². The van der Waals surface area contributed by atoms with E-state index < -0.39 is 6.10 Å². The molecule has 1 atom stereocenters. The highest BCUT2D eigenvalue weighted by atomic mass is 16.6. The molecule has 6 nitrogen and oxygen atoms in total. The first kappa shape index (κ1) is 63.3. The minimum absolute atomic E-state index is 0.107. The van der Waals surface area contributed by atoms with Crippen LogP contribution in [0.15, 0.2) is 97.2 Å². The highest BCUT2D eigenvalue weighted by molar-refractivity contribution is 5.71. The van der Waals surface area contributed by atoms with Crippen LogP contribution in [0.3, 0.4) is 0 Å². The van der Waals surface area contributed by atoms with Crippen molar-refractivity contribution in [2.45, 2.75) is 258 Å². The molecule has 0 spiro atoms. The number of allylic oxidation sites excluding steroid dienone is 16. The van der Waals surface area contributed by atoms with Gasteiger partial charge in [-0.3, -0.25) is 14.4 Å². The van der Waals surface area contributed by atoms with Gasteiger partial charge >= 0.3 is 17.9 Å². The minimum atomic E-state index is -0.814. The number of ether oxygens (including phenoxy) is 3. The summed E-state index contributed by atoms with van der Waals surface area (Å²) in [6.45, 7) is 6.47. The van der Waals surface area contributed by atoms with Crippen LogP contribution in [-0.4, -0.2) is 37.2 Å². The Hall–Kier alpha value is -3.67. The summed E-state index contributed by atoms with van der Waals surface area (Å²) in [6.07, 6.45) is 72.6. The van der Waals surface area contributed by atoms with Crippen LogP contribution in [0.25, 0.3) is 0 Å². The molecule has 0 amide bonds. The van der Waals surface area contributed by atoms with Crippen LogP contribution in [0.5, 0.6) is 0 Å². The molecule has 0 N–H and O–H groups in total. The maximum Gasteiger partial charge on any atom is 0.306 e. The summed E-state index contributed by atoms with van der Waals surface area (Å²) in [5, 5.41) is 0. The van der Waals surface area contributed by atoms with Gasteiger partial charge in [0.15, 0.2) is 6.10 Å². The predicted octanol–water partition coefficient (Wildman–Crippen LogP) is 18.5. The molecule has 0 aromatic rings. The van der Waals surface area contributed by atoms with E-state index in [-0.39, 0.29) is 37.5 Å². The fraction of sp³-hybridized carbons (Fsp3) is 0.689. The molecule has 0 unspecified atom stereocenters. The van der Waals surface area contributed by atoms with Crippen molar-refractivity contribution in [3.05, 3.63) is 97.2 Å². The molecule has 0 aliphatic heterocycles. The third-order valence-electron chi connectivity index (χ3n) is 11.5. The first-order chi connectivity index (χ1) is 33.0. The molecule has 0 aliphatic carbocycles. The molecule has 0 heterocycles. The summed E-state index contributed by atoms with van der Waals surface area (Å²) >= 11 is 0. The van der Waals surface area contributed by atoms with E-state index in [1.807, 2.05) is 6.08 Å². The van der Waals surface area contributed by atoms with E-state index in [9.17, 15) is 14.4 Å². The SMILES string of the molecule is CCCC/C=C\CCCCCCCC(=O)O[C@H](COC(=O)CC/C=C\C/C=C\C/C=C\C/C=C\C/C=C\CCCCC)COC(=O)CCCCCCCCCCC/C=C\C/C=C\CCCCC. The summed E-state index contributed by atoms with van der Waals surface area (Å²) in [5.74, 6) is -1.01. The predicted molar refractivity (Wildman–Crippen MR) is 288 cm³/mol. The van der Waals surface area contributed by atoms with Crippen molar-refractivity contribution in [2.75, 3.05) is 13.2 Å². The number of carbonyl (C=O) groups excluding carboxylic acids is 3. The van der Waals surface area contributed by atoms with Gasteiger partial charge in [-0.25, -0.2) is 0 Å². The molecule has 0 fully saturated rings. The van der Waals surface area contributed by atoms with Crippen molar-refractivity contribution in [1.29, 1.82) is 0 Å². The van der Waals surface area contributed by atoms with Crippen LogP contribution in [0, 0.1) is 0 Å². The molecule has 382 valence electrons.